The third kappa shape index (κ3) is 3.39. The fraction of sp³-hybridized carbons (Fsp3) is 0.381. The van der Waals surface area contributed by atoms with Crippen molar-refractivity contribution in [1.82, 2.24) is 14.3 Å². The summed E-state index contributed by atoms with van der Waals surface area (Å²) < 4.78 is 3.44. The standard InChI is InChI=1S/C21H24N4O2/c1-14(2)24-11-10-16-18(8-5-9-19(16)24)22-20(26)13-25-21(27)12-15-6-3-4-7-17(15)23-25/h5,8-12,14H,3-4,6-7,13H2,1-2H3,(H,22,26). The van der Waals surface area contributed by atoms with E-state index in [9.17, 15) is 9.59 Å². The summed E-state index contributed by atoms with van der Waals surface area (Å²) in [7, 11) is 0. The van der Waals surface area contributed by atoms with E-state index in [1.807, 2.05) is 30.5 Å². The number of anilines is 1. The third-order valence-corrected chi connectivity index (χ3v) is 5.16. The number of nitrogens with zero attached hydrogens (tertiary/aromatic N) is 3. The number of carbonyl (C=O) groups excluding carboxylic acids is 1. The van der Waals surface area contributed by atoms with E-state index < -0.39 is 0 Å². The molecular weight excluding hydrogens is 340 g/mol. The van der Waals surface area contributed by atoms with E-state index >= 15 is 0 Å². The first-order valence-corrected chi connectivity index (χ1v) is 9.52. The zero-order valence-corrected chi connectivity index (χ0v) is 15.7. The SMILES string of the molecule is CC(C)n1ccc2c(NC(=O)Cn3nc4c(cc3=O)CCCC4)cccc21. The minimum absolute atomic E-state index is 0.0760. The van der Waals surface area contributed by atoms with Gasteiger partial charge in [0.25, 0.3) is 5.56 Å². The highest BCUT2D eigenvalue weighted by Crippen LogP contribution is 2.26. The fourth-order valence-corrected chi connectivity index (χ4v) is 3.79. The van der Waals surface area contributed by atoms with Crippen LogP contribution in [0.1, 0.15) is 44.0 Å². The number of nitrogens with one attached hydrogen (secondary N) is 1. The van der Waals surface area contributed by atoms with Crippen LogP contribution in [0.5, 0.6) is 0 Å². The lowest BCUT2D eigenvalue weighted by atomic mass is 9.97. The molecular formula is C21H24N4O2. The summed E-state index contributed by atoms with van der Waals surface area (Å²) >= 11 is 0. The van der Waals surface area contributed by atoms with Crippen molar-refractivity contribution in [1.29, 1.82) is 0 Å². The Morgan fingerprint density at radius 2 is 2.04 bits per heavy atom. The van der Waals surface area contributed by atoms with Crippen LogP contribution in [0, 0.1) is 0 Å². The normalized spacial score (nSPS) is 13.7. The van der Waals surface area contributed by atoms with Gasteiger partial charge in [-0.3, -0.25) is 9.59 Å². The minimum Gasteiger partial charge on any atom is -0.345 e. The van der Waals surface area contributed by atoms with E-state index in [4.69, 9.17) is 0 Å². The number of fused-ring (bicyclic) bond motifs is 2. The number of hydrogen-bond donors (Lipinski definition) is 1. The Bertz CT molecular complexity index is 1060. The molecule has 140 valence electrons. The van der Waals surface area contributed by atoms with Crippen molar-refractivity contribution in [3.05, 3.63) is 58.1 Å². The summed E-state index contributed by atoms with van der Waals surface area (Å²) in [5.41, 5.74) is 3.59. The summed E-state index contributed by atoms with van der Waals surface area (Å²) in [5, 5.41) is 8.36. The number of aryl methyl sites for hydroxylation is 2. The van der Waals surface area contributed by atoms with Gasteiger partial charge >= 0.3 is 0 Å². The van der Waals surface area contributed by atoms with Gasteiger partial charge < -0.3 is 9.88 Å². The quantitative estimate of drug-likeness (QED) is 0.772. The molecule has 0 saturated carbocycles. The van der Waals surface area contributed by atoms with Crippen LogP contribution in [0.15, 0.2) is 41.3 Å². The molecule has 1 aromatic carbocycles. The molecule has 0 aliphatic heterocycles. The van der Waals surface area contributed by atoms with E-state index in [1.165, 1.54) is 4.68 Å². The Morgan fingerprint density at radius 1 is 1.22 bits per heavy atom. The molecule has 0 fully saturated rings. The Balaban J connectivity index is 1.57. The van der Waals surface area contributed by atoms with Gasteiger partial charge in [-0.25, -0.2) is 4.68 Å². The predicted molar refractivity (Wildman–Crippen MR) is 106 cm³/mol. The number of amides is 1. The highest BCUT2D eigenvalue weighted by molar-refractivity contribution is 6.01. The number of benzene rings is 1. The molecule has 0 unspecified atom stereocenters. The van der Waals surface area contributed by atoms with Crippen molar-refractivity contribution >= 4 is 22.5 Å². The second-order valence-electron chi connectivity index (χ2n) is 7.42. The Hall–Kier alpha value is -2.89. The maximum absolute atomic E-state index is 12.6. The molecule has 2 heterocycles. The first kappa shape index (κ1) is 17.5. The average molecular weight is 364 g/mol. The van der Waals surface area contributed by atoms with Crippen molar-refractivity contribution in [2.75, 3.05) is 5.32 Å². The van der Waals surface area contributed by atoms with Crippen molar-refractivity contribution in [2.45, 2.75) is 52.1 Å². The van der Waals surface area contributed by atoms with Crippen LogP contribution >= 0.6 is 0 Å². The van der Waals surface area contributed by atoms with E-state index in [2.05, 4.69) is 28.8 Å². The summed E-state index contributed by atoms with van der Waals surface area (Å²) in [6.45, 7) is 4.17. The average Bonchev–Trinajstić information content (AvgIpc) is 3.08. The second-order valence-corrected chi connectivity index (χ2v) is 7.42. The van der Waals surface area contributed by atoms with Crippen LogP contribution < -0.4 is 10.9 Å². The first-order chi connectivity index (χ1) is 13.0. The molecule has 3 aromatic rings. The second kappa shape index (κ2) is 7.02. The van der Waals surface area contributed by atoms with E-state index in [0.29, 0.717) is 6.04 Å². The molecule has 4 rings (SSSR count). The maximum atomic E-state index is 12.6. The summed E-state index contributed by atoms with van der Waals surface area (Å²) in [6.07, 6.45) is 5.98. The van der Waals surface area contributed by atoms with Gasteiger partial charge in [0.05, 0.1) is 16.9 Å². The number of aromatic nitrogens is 3. The van der Waals surface area contributed by atoms with Crippen molar-refractivity contribution in [3.8, 4) is 0 Å². The van der Waals surface area contributed by atoms with Gasteiger partial charge in [0.2, 0.25) is 5.91 Å². The third-order valence-electron chi connectivity index (χ3n) is 5.16. The molecule has 1 aliphatic carbocycles. The summed E-state index contributed by atoms with van der Waals surface area (Å²) in [6, 6.07) is 9.84. The molecule has 0 radical (unpaired) electrons. The van der Waals surface area contributed by atoms with E-state index in [1.54, 1.807) is 6.07 Å². The molecule has 6 heteroatoms. The fourth-order valence-electron chi connectivity index (χ4n) is 3.79. The number of carbonyl (C=O) groups is 1. The summed E-state index contributed by atoms with van der Waals surface area (Å²) in [5.74, 6) is -0.245. The molecule has 0 atom stereocenters. The van der Waals surface area contributed by atoms with E-state index in [-0.39, 0.29) is 18.0 Å². The number of hydrogen-bond acceptors (Lipinski definition) is 3. The maximum Gasteiger partial charge on any atom is 0.267 e. The van der Waals surface area contributed by atoms with Gasteiger partial charge in [-0.2, -0.15) is 5.10 Å². The van der Waals surface area contributed by atoms with Gasteiger partial charge in [-0.05, 0) is 63.3 Å². The molecule has 6 nitrogen and oxygen atoms in total. The minimum atomic E-state index is -0.245. The van der Waals surface area contributed by atoms with Gasteiger partial charge in [-0.15, -0.1) is 0 Å². The molecule has 27 heavy (non-hydrogen) atoms. The Morgan fingerprint density at radius 3 is 2.85 bits per heavy atom. The molecule has 0 bridgehead atoms. The van der Waals surface area contributed by atoms with Crippen LogP contribution in [0.25, 0.3) is 10.9 Å². The van der Waals surface area contributed by atoms with Gasteiger partial charge in [0.15, 0.2) is 0 Å². The van der Waals surface area contributed by atoms with Gasteiger partial charge in [0.1, 0.15) is 6.54 Å². The Kier molecular flexibility index (Phi) is 4.56. The monoisotopic (exact) mass is 364 g/mol. The molecule has 2 aromatic heterocycles. The van der Waals surface area contributed by atoms with Crippen LogP contribution in [-0.4, -0.2) is 20.3 Å². The highest BCUT2D eigenvalue weighted by Gasteiger charge is 2.15. The zero-order valence-electron chi connectivity index (χ0n) is 15.7. The molecule has 1 amide bonds. The van der Waals surface area contributed by atoms with Crippen molar-refractivity contribution < 1.29 is 4.79 Å². The topological polar surface area (TPSA) is 68.9 Å². The lowest BCUT2D eigenvalue weighted by Gasteiger charge is -2.16. The lowest BCUT2D eigenvalue weighted by Crippen LogP contribution is -2.31. The predicted octanol–water partition coefficient (Wildman–Crippen LogP) is 3.30. The first-order valence-electron chi connectivity index (χ1n) is 9.52. The molecule has 1 N–H and O–H groups in total. The van der Waals surface area contributed by atoms with Crippen molar-refractivity contribution in [2.24, 2.45) is 0 Å². The Labute approximate surface area is 157 Å². The van der Waals surface area contributed by atoms with Crippen LogP contribution in [-0.2, 0) is 24.2 Å². The van der Waals surface area contributed by atoms with Crippen molar-refractivity contribution in [3.63, 3.8) is 0 Å². The lowest BCUT2D eigenvalue weighted by molar-refractivity contribution is -0.117. The highest BCUT2D eigenvalue weighted by atomic mass is 16.2. The van der Waals surface area contributed by atoms with Crippen LogP contribution in [0.3, 0.4) is 0 Å². The van der Waals surface area contributed by atoms with Crippen LogP contribution in [0.4, 0.5) is 5.69 Å². The zero-order chi connectivity index (χ0) is 19.0. The van der Waals surface area contributed by atoms with Crippen LogP contribution in [0.2, 0.25) is 0 Å². The largest absolute Gasteiger partial charge is 0.345 e. The number of rotatable bonds is 4. The molecule has 0 spiro atoms. The van der Waals surface area contributed by atoms with E-state index in [0.717, 1.165) is 53.5 Å². The smallest absolute Gasteiger partial charge is 0.267 e. The summed E-state index contributed by atoms with van der Waals surface area (Å²) in [4.78, 5) is 24.9. The van der Waals surface area contributed by atoms with Gasteiger partial charge in [-0.1, -0.05) is 6.07 Å². The van der Waals surface area contributed by atoms with Gasteiger partial charge in [0, 0.05) is 23.7 Å². The molecule has 0 saturated heterocycles. The molecule has 1 aliphatic rings.